The van der Waals surface area contributed by atoms with Crippen LogP contribution in [-0.2, 0) is 6.54 Å². The predicted octanol–water partition coefficient (Wildman–Crippen LogP) is 2.23. The molecule has 1 aromatic rings. The van der Waals surface area contributed by atoms with Crippen LogP contribution in [0.2, 0.25) is 0 Å². The van der Waals surface area contributed by atoms with E-state index in [1.54, 1.807) is 32.0 Å². The minimum Gasteiger partial charge on any atom is -0.389 e. The van der Waals surface area contributed by atoms with Gasteiger partial charge in [0, 0.05) is 23.7 Å². The van der Waals surface area contributed by atoms with E-state index in [4.69, 9.17) is 0 Å². The highest BCUT2D eigenvalue weighted by Gasteiger charge is 2.34. The Labute approximate surface area is 107 Å². The first kappa shape index (κ1) is 14.6. The summed E-state index contributed by atoms with van der Waals surface area (Å²) >= 11 is 0. The molecule has 1 aromatic carbocycles. The third kappa shape index (κ3) is 3.27. The molecule has 0 unspecified atom stereocenters. The summed E-state index contributed by atoms with van der Waals surface area (Å²) in [6, 6.07) is 6.60. The largest absolute Gasteiger partial charge is 0.389 e. The standard InChI is InChI=1S/C13H20N2O3/c1-12(2,13(3,4)16)14-9-10-7-5-6-8-11(10)15(17)18/h5-8,14,16H,9H2,1-4H3. The van der Waals surface area contributed by atoms with Gasteiger partial charge in [0.1, 0.15) is 0 Å². The number of para-hydroxylation sites is 1. The molecule has 0 radical (unpaired) electrons. The van der Waals surface area contributed by atoms with Crippen LogP contribution in [0.5, 0.6) is 0 Å². The van der Waals surface area contributed by atoms with Crippen LogP contribution in [0.25, 0.3) is 0 Å². The molecule has 0 bridgehead atoms. The van der Waals surface area contributed by atoms with Gasteiger partial charge < -0.3 is 10.4 Å². The Bertz CT molecular complexity index is 436. The maximum atomic E-state index is 10.9. The Balaban J connectivity index is 2.85. The van der Waals surface area contributed by atoms with Gasteiger partial charge in [0.05, 0.1) is 10.5 Å². The lowest BCUT2D eigenvalue weighted by Gasteiger charge is -2.38. The van der Waals surface area contributed by atoms with Crippen molar-refractivity contribution in [2.75, 3.05) is 0 Å². The maximum Gasteiger partial charge on any atom is 0.273 e. The van der Waals surface area contributed by atoms with Gasteiger partial charge in [-0.15, -0.1) is 0 Å². The Kier molecular flexibility index (Phi) is 4.09. The Morgan fingerprint density at radius 1 is 1.28 bits per heavy atom. The summed E-state index contributed by atoms with van der Waals surface area (Å²) in [4.78, 5) is 10.5. The minimum absolute atomic E-state index is 0.0940. The average molecular weight is 252 g/mol. The summed E-state index contributed by atoms with van der Waals surface area (Å²) in [5.74, 6) is 0. The first-order chi connectivity index (χ1) is 8.15. The molecule has 0 saturated carbocycles. The first-order valence-electron chi connectivity index (χ1n) is 5.85. The zero-order valence-electron chi connectivity index (χ0n) is 11.2. The molecule has 0 saturated heterocycles. The van der Waals surface area contributed by atoms with E-state index in [2.05, 4.69) is 5.32 Å². The summed E-state index contributed by atoms with van der Waals surface area (Å²) in [5, 5.41) is 24.0. The summed E-state index contributed by atoms with van der Waals surface area (Å²) < 4.78 is 0. The van der Waals surface area contributed by atoms with Crippen molar-refractivity contribution in [2.24, 2.45) is 0 Å². The molecule has 18 heavy (non-hydrogen) atoms. The number of nitro benzene ring substituents is 1. The van der Waals surface area contributed by atoms with Crippen molar-refractivity contribution < 1.29 is 10.0 Å². The third-order valence-electron chi connectivity index (χ3n) is 3.44. The van der Waals surface area contributed by atoms with Crippen LogP contribution in [0.3, 0.4) is 0 Å². The lowest BCUT2D eigenvalue weighted by Crippen LogP contribution is -2.55. The fourth-order valence-corrected chi connectivity index (χ4v) is 1.37. The summed E-state index contributed by atoms with van der Waals surface area (Å²) in [5.41, 5.74) is -0.760. The highest BCUT2D eigenvalue weighted by Crippen LogP contribution is 2.23. The quantitative estimate of drug-likeness (QED) is 0.622. The van der Waals surface area contributed by atoms with Crippen LogP contribution < -0.4 is 5.32 Å². The average Bonchev–Trinajstić information content (AvgIpc) is 2.25. The number of aliphatic hydroxyl groups is 1. The smallest absolute Gasteiger partial charge is 0.273 e. The fourth-order valence-electron chi connectivity index (χ4n) is 1.37. The molecule has 2 N–H and O–H groups in total. The molecule has 0 aliphatic carbocycles. The molecule has 5 heteroatoms. The van der Waals surface area contributed by atoms with Crippen molar-refractivity contribution in [2.45, 2.75) is 45.4 Å². The molecular weight excluding hydrogens is 232 g/mol. The van der Waals surface area contributed by atoms with E-state index in [1.165, 1.54) is 6.07 Å². The number of hydrogen-bond acceptors (Lipinski definition) is 4. The predicted molar refractivity (Wildman–Crippen MR) is 70.3 cm³/mol. The van der Waals surface area contributed by atoms with Gasteiger partial charge in [-0.25, -0.2) is 0 Å². The first-order valence-corrected chi connectivity index (χ1v) is 5.85. The van der Waals surface area contributed by atoms with Crippen LogP contribution in [0.15, 0.2) is 24.3 Å². The second-order valence-electron chi connectivity index (χ2n) is 5.42. The molecule has 0 heterocycles. The Morgan fingerprint density at radius 2 is 1.83 bits per heavy atom. The number of hydrogen-bond donors (Lipinski definition) is 2. The van der Waals surface area contributed by atoms with Crippen molar-refractivity contribution >= 4 is 5.69 Å². The van der Waals surface area contributed by atoms with Crippen LogP contribution >= 0.6 is 0 Å². The van der Waals surface area contributed by atoms with Crippen LogP contribution in [-0.4, -0.2) is 21.2 Å². The van der Waals surface area contributed by atoms with Crippen LogP contribution in [0.1, 0.15) is 33.3 Å². The summed E-state index contributed by atoms with van der Waals surface area (Å²) in [6.45, 7) is 7.48. The second kappa shape index (κ2) is 5.04. The lowest BCUT2D eigenvalue weighted by molar-refractivity contribution is -0.385. The van der Waals surface area contributed by atoms with Gasteiger partial charge in [0.15, 0.2) is 0 Å². The normalized spacial score (nSPS) is 12.5. The minimum atomic E-state index is -0.920. The topological polar surface area (TPSA) is 75.4 Å². The van der Waals surface area contributed by atoms with Gasteiger partial charge in [-0.1, -0.05) is 18.2 Å². The molecule has 5 nitrogen and oxygen atoms in total. The number of rotatable bonds is 5. The van der Waals surface area contributed by atoms with Gasteiger partial charge >= 0.3 is 0 Å². The molecule has 0 amide bonds. The second-order valence-corrected chi connectivity index (χ2v) is 5.42. The number of benzene rings is 1. The molecule has 1 rings (SSSR count). The van der Waals surface area contributed by atoms with E-state index in [0.717, 1.165) is 0 Å². The molecule has 0 spiro atoms. The summed E-state index contributed by atoms with van der Waals surface area (Å²) in [6.07, 6.45) is 0. The molecule has 0 atom stereocenters. The Morgan fingerprint density at radius 3 is 2.33 bits per heavy atom. The lowest BCUT2D eigenvalue weighted by atomic mass is 9.86. The van der Waals surface area contributed by atoms with Crippen molar-refractivity contribution in [3.05, 3.63) is 39.9 Å². The van der Waals surface area contributed by atoms with Crippen LogP contribution in [0, 0.1) is 10.1 Å². The van der Waals surface area contributed by atoms with Crippen molar-refractivity contribution in [1.82, 2.24) is 5.32 Å². The van der Waals surface area contributed by atoms with Crippen molar-refractivity contribution in [3.8, 4) is 0 Å². The van der Waals surface area contributed by atoms with Crippen molar-refractivity contribution in [3.63, 3.8) is 0 Å². The molecule has 0 fully saturated rings. The zero-order valence-corrected chi connectivity index (χ0v) is 11.2. The maximum absolute atomic E-state index is 10.9. The molecule has 0 aliphatic heterocycles. The van der Waals surface area contributed by atoms with Gasteiger partial charge in [0.25, 0.3) is 5.69 Å². The van der Waals surface area contributed by atoms with Gasteiger partial charge in [-0.05, 0) is 27.7 Å². The van der Waals surface area contributed by atoms with E-state index in [9.17, 15) is 15.2 Å². The zero-order chi connectivity index (χ0) is 14.0. The number of nitro groups is 1. The number of nitrogens with one attached hydrogen (secondary N) is 1. The van der Waals surface area contributed by atoms with E-state index < -0.39 is 16.1 Å². The van der Waals surface area contributed by atoms with Gasteiger partial charge in [0.2, 0.25) is 0 Å². The van der Waals surface area contributed by atoms with E-state index in [0.29, 0.717) is 12.1 Å². The van der Waals surface area contributed by atoms with Gasteiger partial charge in [-0.3, -0.25) is 10.1 Å². The molecule has 100 valence electrons. The third-order valence-corrected chi connectivity index (χ3v) is 3.44. The SMILES string of the molecule is CC(C)(O)C(C)(C)NCc1ccccc1[N+](=O)[O-]. The molecule has 0 aliphatic rings. The molecular formula is C13H20N2O3. The Hall–Kier alpha value is -1.46. The highest BCUT2D eigenvalue weighted by molar-refractivity contribution is 5.39. The van der Waals surface area contributed by atoms with Crippen LogP contribution in [0.4, 0.5) is 5.69 Å². The number of nitrogens with zero attached hydrogens (tertiary/aromatic N) is 1. The highest BCUT2D eigenvalue weighted by atomic mass is 16.6. The summed E-state index contributed by atoms with van der Waals surface area (Å²) in [7, 11) is 0. The monoisotopic (exact) mass is 252 g/mol. The van der Waals surface area contributed by atoms with E-state index in [1.807, 2.05) is 13.8 Å². The van der Waals surface area contributed by atoms with Crippen molar-refractivity contribution in [1.29, 1.82) is 0 Å². The fraction of sp³-hybridized carbons (Fsp3) is 0.538. The van der Waals surface area contributed by atoms with E-state index in [-0.39, 0.29) is 5.69 Å². The molecule has 0 aromatic heterocycles. The van der Waals surface area contributed by atoms with Gasteiger partial charge in [-0.2, -0.15) is 0 Å². The van der Waals surface area contributed by atoms with E-state index >= 15 is 0 Å².